The average molecular weight is 389 g/mol. The maximum Gasteiger partial charge on any atom is 0.311 e. The van der Waals surface area contributed by atoms with Gasteiger partial charge in [-0.3, -0.25) is 9.10 Å². The molecule has 4 rings (SSSR count). The van der Waals surface area contributed by atoms with Gasteiger partial charge in [0.1, 0.15) is 5.82 Å². The van der Waals surface area contributed by atoms with Gasteiger partial charge in [-0.2, -0.15) is 8.42 Å². The molecule has 2 aliphatic rings. The number of para-hydroxylation sites is 1. The van der Waals surface area contributed by atoms with E-state index in [1.54, 1.807) is 30.5 Å². The minimum atomic E-state index is -3.84. The zero-order valence-electron chi connectivity index (χ0n) is 15.2. The SMILES string of the molecule is CCc1nc(S(=O)(=O)N2CCC(C(=O)O)c3ccccc32)cn1CC1CC1. The number of fused-ring (bicyclic) bond motifs is 1. The zero-order valence-corrected chi connectivity index (χ0v) is 16.0. The molecular weight excluding hydrogens is 366 g/mol. The first-order valence-electron chi connectivity index (χ1n) is 9.32. The number of aryl methyl sites for hydroxylation is 1. The smallest absolute Gasteiger partial charge is 0.311 e. The first kappa shape index (κ1) is 18.0. The van der Waals surface area contributed by atoms with E-state index < -0.39 is 21.9 Å². The standard InChI is InChI=1S/C19H23N3O4S/c1-2-17-20-18(12-21(17)11-13-7-8-13)27(25,26)22-10-9-15(19(23)24)14-5-3-4-6-16(14)22/h3-6,12-13,15H,2,7-11H2,1H3,(H,23,24). The minimum absolute atomic E-state index is 0.0450. The summed E-state index contributed by atoms with van der Waals surface area (Å²) in [4.78, 5) is 16.0. The minimum Gasteiger partial charge on any atom is -0.481 e. The Hall–Kier alpha value is -2.35. The highest BCUT2D eigenvalue weighted by Crippen LogP contribution is 2.38. The first-order valence-corrected chi connectivity index (χ1v) is 10.8. The number of rotatable bonds is 6. The molecule has 0 spiro atoms. The lowest BCUT2D eigenvalue weighted by atomic mass is 9.91. The highest BCUT2D eigenvalue weighted by molar-refractivity contribution is 7.92. The third-order valence-electron chi connectivity index (χ3n) is 5.36. The number of carbonyl (C=O) groups is 1. The van der Waals surface area contributed by atoms with Crippen LogP contribution in [0, 0.1) is 5.92 Å². The fourth-order valence-electron chi connectivity index (χ4n) is 3.72. The van der Waals surface area contributed by atoms with Crippen LogP contribution >= 0.6 is 0 Å². The fraction of sp³-hybridized carbons (Fsp3) is 0.474. The summed E-state index contributed by atoms with van der Waals surface area (Å²) >= 11 is 0. The number of aromatic nitrogens is 2. The molecule has 8 heteroatoms. The van der Waals surface area contributed by atoms with E-state index in [2.05, 4.69) is 4.98 Å². The van der Waals surface area contributed by atoms with Gasteiger partial charge >= 0.3 is 5.97 Å². The van der Waals surface area contributed by atoms with Crippen LogP contribution in [0.1, 0.15) is 43.5 Å². The normalized spacial score (nSPS) is 19.7. The maximum absolute atomic E-state index is 13.3. The molecule has 2 heterocycles. The molecule has 0 saturated heterocycles. The number of anilines is 1. The van der Waals surface area contributed by atoms with Crippen LogP contribution in [-0.4, -0.2) is 35.6 Å². The fourth-order valence-corrected chi connectivity index (χ4v) is 5.20. The van der Waals surface area contributed by atoms with Crippen LogP contribution in [0.5, 0.6) is 0 Å². The van der Waals surface area contributed by atoms with E-state index in [0.29, 0.717) is 23.6 Å². The molecule has 1 saturated carbocycles. The van der Waals surface area contributed by atoms with Gasteiger partial charge in [-0.1, -0.05) is 25.1 Å². The molecule has 1 fully saturated rings. The quantitative estimate of drug-likeness (QED) is 0.820. The predicted molar refractivity (Wildman–Crippen MR) is 100 cm³/mol. The lowest BCUT2D eigenvalue weighted by molar-refractivity contribution is -0.139. The van der Waals surface area contributed by atoms with Gasteiger partial charge < -0.3 is 9.67 Å². The first-order chi connectivity index (χ1) is 12.9. The van der Waals surface area contributed by atoms with Crippen molar-refractivity contribution in [3.05, 3.63) is 41.9 Å². The van der Waals surface area contributed by atoms with Crippen LogP contribution in [-0.2, 0) is 27.8 Å². The molecule has 27 heavy (non-hydrogen) atoms. The number of benzene rings is 1. The van der Waals surface area contributed by atoms with E-state index in [0.717, 1.165) is 12.4 Å². The highest BCUT2D eigenvalue weighted by Gasteiger charge is 2.37. The summed E-state index contributed by atoms with van der Waals surface area (Å²) in [6.07, 6.45) is 4.91. The van der Waals surface area contributed by atoms with Gasteiger partial charge in [0.05, 0.1) is 11.6 Å². The number of sulfonamides is 1. The van der Waals surface area contributed by atoms with Crippen molar-refractivity contribution in [3.63, 3.8) is 0 Å². The van der Waals surface area contributed by atoms with Gasteiger partial charge in [0.15, 0.2) is 5.03 Å². The molecule has 1 aliphatic carbocycles. The molecule has 144 valence electrons. The Morgan fingerprint density at radius 2 is 2.00 bits per heavy atom. The van der Waals surface area contributed by atoms with Gasteiger partial charge in [0, 0.05) is 25.7 Å². The van der Waals surface area contributed by atoms with Crippen LogP contribution in [0.2, 0.25) is 0 Å². The van der Waals surface area contributed by atoms with Gasteiger partial charge in [-0.25, -0.2) is 4.98 Å². The zero-order chi connectivity index (χ0) is 19.2. The topological polar surface area (TPSA) is 92.5 Å². The third kappa shape index (κ3) is 3.22. The van der Waals surface area contributed by atoms with E-state index in [1.165, 1.54) is 17.1 Å². The second-order valence-corrected chi connectivity index (χ2v) is 9.07. The average Bonchev–Trinajstić information content (AvgIpc) is 3.37. The van der Waals surface area contributed by atoms with Crippen molar-refractivity contribution in [1.82, 2.24) is 9.55 Å². The molecule has 0 bridgehead atoms. The summed E-state index contributed by atoms with van der Waals surface area (Å²) < 4.78 is 29.9. The van der Waals surface area contributed by atoms with Crippen LogP contribution in [0.15, 0.2) is 35.5 Å². The number of imidazole rings is 1. The predicted octanol–water partition coefficient (Wildman–Crippen LogP) is 2.62. The van der Waals surface area contributed by atoms with Gasteiger partial charge in [-0.05, 0) is 36.8 Å². The lowest BCUT2D eigenvalue weighted by Crippen LogP contribution is -2.38. The van der Waals surface area contributed by atoms with Crippen molar-refractivity contribution >= 4 is 21.7 Å². The van der Waals surface area contributed by atoms with Crippen molar-refractivity contribution in [2.75, 3.05) is 10.8 Å². The van der Waals surface area contributed by atoms with E-state index in [1.807, 2.05) is 11.5 Å². The maximum atomic E-state index is 13.3. The lowest BCUT2D eigenvalue weighted by Gasteiger charge is -2.32. The Morgan fingerprint density at radius 3 is 2.67 bits per heavy atom. The largest absolute Gasteiger partial charge is 0.481 e. The van der Waals surface area contributed by atoms with E-state index in [-0.39, 0.29) is 18.0 Å². The number of hydrogen-bond donors (Lipinski definition) is 1. The summed E-state index contributed by atoms with van der Waals surface area (Å²) in [6, 6.07) is 6.84. The Morgan fingerprint density at radius 1 is 1.26 bits per heavy atom. The van der Waals surface area contributed by atoms with Crippen LogP contribution < -0.4 is 4.31 Å². The molecule has 0 amide bonds. The number of carboxylic acids is 1. The summed E-state index contributed by atoms with van der Waals surface area (Å²) in [6.45, 7) is 2.91. The number of carboxylic acid groups (broad SMARTS) is 1. The monoisotopic (exact) mass is 389 g/mol. The summed E-state index contributed by atoms with van der Waals surface area (Å²) in [5, 5.41) is 9.51. The molecule has 1 N–H and O–H groups in total. The second-order valence-electron chi connectivity index (χ2n) is 7.26. The Labute approximate surface area is 158 Å². The summed E-state index contributed by atoms with van der Waals surface area (Å²) in [5.74, 6) is -0.228. The Balaban J connectivity index is 1.73. The van der Waals surface area contributed by atoms with E-state index >= 15 is 0 Å². The molecular formula is C19H23N3O4S. The Bertz CT molecular complexity index is 979. The molecule has 7 nitrogen and oxygen atoms in total. The van der Waals surface area contributed by atoms with Gasteiger partial charge in [0.25, 0.3) is 10.0 Å². The van der Waals surface area contributed by atoms with Crippen molar-refractivity contribution < 1.29 is 18.3 Å². The summed E-state index contributed by atoms with van der Waals surface area (Å²) in [5.41, 5.74) is 0.971. The van der Waals surface area contributed by atoms with Crippen molar-refractivity contribution in [3.8, 4) is 0 Å². The Kier molecular flexibility index (Phi) is 4.46. The van der Waals surface area contributed by atoms with E-state index in [4.69, 9.17) is 0 Å². The number of hydrogen-bond acceptors (Lipinski definition) is 4. The second kappa shape index (κ2) is 6.67. The summed E-state index contributed by atoms with van der Waals surface area (Å²) in [7, 11) is -3.84. The molecule has 1 unspecified atom stereocenters. The molecule has 1 aromatic carbocycles. The number of aliphatic carboxylic acids is 1. The van der Waals surface area contributed by atoms with Crippen LogP contribution in [0.4, 0.5) is 5.69 Å². The van der Waals surface area contributed by atoms with Crippen LogP contribution in [0.25, 0.3) is 0 Å². The van der Waals surface area contributed by atoms with Crippen molar-refractivity contribution in [1.29, 1.82) is 0 Å². The van der Waals surface area contributed by atoms with Crippen LogP contribution in [0.3, 0.4) is 0 Å². The number of nitrogens with zero attached hydrogens (tertiary/aromatic N) is 3. The van der Waals surface area contributed by atoms with Gasteiger partial charge in [-0.15, -0.1) is 0 Å². The molecule has 1 atom stereocenters. The third-order valence-corrected chi connectivity index (χ3v) is 7.04. The molecule has 2 aromatic rings. The molecule has 1 aromatic heterocycles. The van der Waals surface area contributed by atoms with Crippen molar-refractivity contribution in [2.24, 2.45) is 5.92 Å². The van der Waals surface area contributed by atoms with Crippen molar-refractivity contribution in [2.45, 2.75) is 50.1 Å². The molecule has 1 aliphatic heterocycles. The van der Waals surface area contributed by atoms with E-state index in [9.17, 15) is 18.3 Å². The highest BCUT2D eigenvalue weighted by atomic mass is 32.2. The van der Waals surface area contributed by atoms with Gasteiger partial charge in [0.2, 0.25) is 0 Å². The molecule has 0 radical (unpaired) electrons.